The normalized spacial score (nSPS) is 14.0. The molecule has 0 aliphatic heterocycles. The van der Waals surface area contributed by atoms with Gasteiger partial charge in [0.2, 0.25) is 5.91 Å². The molecule has 0 unspecified atom stereocenters. The van der Waals surface area contributed by atoms with Crippen molar-refractivity contribution in [1.29, 1.82) is 0 Å². The maximum atomic E-state index is 12.6. The highest BCUT2D eigenvalue weighted by molar-refractivity contribution is 6.05. The Labute approximate surface area is 170 Å². The zero-order valence-electron chi connectivity index (χ0n) is 17.4. The minimum Gasteiger partial charge on any atom is -0.496 e. The number of allylic oxidation sites excluding steroid dienone is 1. The third kappa shape index (κ3) is 3.53. The molecule has 5 heteroatoms. The summed E-state index contributed by atoms with van der Waals surface area (Å²) in [6, 6.07) is 5.88. The fourth-order valence-corrected chi connectivity index (χ4v) is 4.14. The van der Waals surface area contributed by atoms with E-state index in [4.69, 9.17) is 9.15 Å². The first-order chi connectivity index (χ1) is 14.0. The summed E-state index contributed by atoms with van der Waals surface area (Å²) >= 11 is 0. The third-order valence-electron chi connectivity index (χ3n) is 5.65. The van der Waals surface area contributed by atoms with Crippen LogP contribution in [0.3, 0.4) is 0 Å². The molecular formula is C24H26N2O3. The molecule has 150 valence electrons. The van der Waals surface area contributed by atoms with Gasteiger partial charge in [-0.05, 0) is 63.3 Å². The van der Waals surface area contributed by atoms with Crippen LogP contribution in [-0.4, -0.2) is 18.0 Å². The molecular weight excluding hydrogens is 364 g/mol. The zero-order chi connectivity index (χ0) is 20.5. The number of benzene rings is 1. The lowest BCUT2D eigenvalue weighted by molar-refractivity contribution is -0.111. The number of rotatable bonds is 4. The van der Waals surface area contributed by atoms with Gasteiger partial charge in [0.1, 0.15) is 22.9 Å². The highest BCUT2D eigenvalue weighted by Crippen LogP contribution is 2.41. The predicted molar refractivity (Wildman–Crippen MR) is 115 cm³/mol. The van der Waals surface area contributed by atoms with Crippen LogP contribution in [-0.2, 0) is 17.6 Å². The van der Waals surface area contributed by atoms with E-state index in [1.807, 2.05) is 32.9 Å². The molecule has 1 aromatic carbocycles. The van der Waals surface area contributed by atoms with Crippen molar-refractivity contribution in [1.82, 2.24) is 4.98 Å². The molecule has 0 saturated heterocycles. The monoisotopic (exact) mass is 390 g/mol. The van der Waals surface area contributed by atoms with Gasteiger partial charge >= 0.3 is 0 Å². The largest absolute Gasteiger partial charge is 0.496 e. The van der Waals surface area contributed by atoms with Crippen molar-refractivity contribution < 1.29 is 13.9 Å². The van der Waals surface area contributed by atoms with E-state index in [-0.39, 0.29) is 5.91 Å². The van der Waals surface area contributed by atoms with Crippen molar-refractivity contribution in [2.24, 2.45) is 0 Å². The number of aryl methyl sites for hydroxylation is 4. The van der Waals surface area contributed by atoms with E-state index in [0.717, 1.165) is 57.6 Å². The number of hydrogen-bond donors (Lipinski definition) is 1. The van der Waals surface area contributed by atoms with Gasteiger partial charge < -0.3 is 14.5 Å². The second-order valence-electron chi connectivity index (χ2n) is 7.66. The molecule has 1 aliphatic carbocycles. The van der Waals surface area contributed by atoms with Gasteiger partial charge in [0.25, 0.3) is 0 Å². The summed E-state index contributed by atoms with van der Waals surface area (Å²) in [5, 5.41) is 4.00. The van der Waals surface area contributed by atoms with Crippen LogP contribution in [0.5, 0.6) is 5.75 Å². The molecule has 0 fully saturated rings. The SMILES string of the molecule is COc1c(/C(C)=C/C(=O)Nc2ncccc2C)cc2c3c(oc2c1C)CCCC3. The van der Waals surface area contributed by atoms with Crippen molar-refractivity contribution in [3.05, 3.63) is 58.5 Å². The van der Waals surface area contributed by atoms with Crippen LogP contribution < -0.4 is 10.1 Å². The van der Waals surface area contributed by atoms with Crippen LogP contribution >= 0.6 is 0 Å². The number of amides is 1. The number of hydrogen-bond acceptors (Lipinski definition) is 4. The van der Waals surface area contributed by atoms with Gasteiger partial charge in [-0.25, -0.2) is 4.98 Å². The number of carbonyl (C=O) groups is 1. The van der Waals surface area contributed by atoms with Crippen LogP contribution in [0.25, 0.3) is 16.5 Å². The number of carbonyl (C=O) groups excluding carboxylic acids is 1. The van der Waals surface area contributed by atoms with Crippen LogP contribution in [0.15, 0.2) is 34.9 Å². The van der Waals surface area contributed by atoms with Crippen molar-refractivity contribution in [2.45, 2.75) is 46.5 Å². The Morgan fingerprint density at radius 3 is 2.83 bits per heavy atom. The summed E-state index contributed by atoms with van der Waals surface area (Å²) in [5.74, 6) is 2.21. The Kier molecular flexibility index (Phi) is 5.14. The van der Waals surface area contributed by atoms with Crippen LogP contribution in [0.2, 0.25) is 0 Å². The molecule has 2 aromatic heterocycles. The molecule has 5 nitrogen and oxygen atoms in total. The number of methoxy groups -OCH3 is 1. The number of ether oxygens (including phenoxy) is 1. The van der Waals surface area contributed by atoms with Gasteiger partial charge in [0.15, 0.2) is 0 Å². The van der Waals surface area contributed by atoms with Crippen molar-refractivity contribution >= 4 is 28.3 Å². The Morgan fingerprint density at radius 1 is 1.28 bits per heavy atom. The van der Waals surface area contributed by atoms with Gasteiger partial charge in [-0.3, -0.25) is 4.79 Å². The van der Waals surface area contributed by atoms with Crippen molar-refractivity contribution in [3.8, 4) is 5.75 Å². The fourth-order valence-electron chi connectivity index (χ4n) is 4.14. The number of aromatic nitrogens is 1. The lowest BCUT2D eigenvalue weighted by Gasteiger charge is -2.13. The van der Waals surface area contributed by atoms with E-state index in [2.05, 4.69) is 16.4 Å². The molecule has 0 saturated carbocycles. The summed E-state index contributed by atoms with van der Waals surface area (Å²) in [6.07, 6.45) is 7.65. The number of furan rings is 1. The van der Waals surface area contributed by atoms with E-state index in [1.54, 1.807) is 19.4 Å². The lowest BCUT2D eigenvalue weighted by Crippen LogP contribution is -2.11. The van der Waals surface area contributed by atoms with Crippen LogP contribution in [0, 0.1) is 13.8 Å². The van der Waals surface area contributed by atoms with Gasteiger partial charge in [-0.15, -0.1) is 0 Å². The molecule has 29 heavy (non-hydrogen) atoms. The lowest BCUT2D eigenvalue weighted by atomic mass is 9.93. The van der Waals surface area contributed by atoms with Gasteiger partial charge in [0.05, 0.1) is 7.11 Å². The third-order valence-corrected chi connectivity index (χ3v) is 5.65. The number of anilines is 1. The molecule has 0 bridgehead atoms. The Balaban J connectivity index is 1.74. The maximum absolute atomic E-state index is 12.6. The molecule has 0 radical (unpaired) electrons. The summed E-state index contributed by atoms with van der Waals surface area (Å²) in [4.78, 5) is 16.8. The van der Waals surface area contributed by atoms with Crippen molar-refractivity contribution in [3.63, 3.8) is 0 Å². The zero-order valence-corrected chi connectivity index (χ0v) is 17.4. The van der Waals surface area contributed by atoms with E-state index in [9.17, 15) is 4.79 Å². The summed E-state index contributed by atoms with van der Waals surface area (Å²) in [6.45, 7) is 5.87. The molecule has 4 rings (SSSR count). The Morgan fingerprint density at radius 2 is 2.07 bits per heavy atom. The number of pyridine rings is 1. The number of fused-ring (bicyclic) bond motifs is 3. The quantitative estimate of drug-likeness (QED) is 0.608. The number of nitrogens with one attached hydrogen (secondary N) is 1. The molecule has 2 heterocycles. The first kappa shape index (κ1) is 19.2. The van der Waals surface area contributed by atoms with Crippen molar-refractivity contribution in [2.75, 3.05) is 12.4 Å². The molecule has 1 N–H and O–H groups in total. The van der Waals surface area contributed by atoms with Gasteiger partial charge in [0, 0.05) is 40.8 Å². The summed E-state index contributed by atoms with van der Waals surface area (Å²) in [5.41, 5.74) is 5.86. The highest BCUT2D eigenvalue weighted by Gasteiger charge is 2.23. The minimum absolute atomic E-state index is 0.210. The van der Waals surface area contributed by atoms with Gasteiger partial charge in [-0.2, -0.15) is 0 Å². The predicted octanol–water partition coefficient (Wildman–Crippen LogP) is 5.37. The molecule has 1 aliphatic rings. The first-order valence-corrected chi connectivity index (χ1v) is 10.0. The molecule has 0 atom stereocenters. The van der Waals surface area contributed by atoms with E-state index in [1.165, 1.54) is 18.4 Å². The Hall–Kier alpha value is -3.08. The topological polar surface area (TPSA) is 64.4 Å². The average molecular weight is 390 g/mol. The Bertz CT molecular complexity index is 1120. The second kappa shape index (κ2) is 7.74. The summed E-state index contributed by atoms with van der Waals surface area (Å²) < 4.78 is 11.9. The first-order valence-electron chi connectivity index (χ1n) is 10.0. The molecule has 0 spiro atoms. The van der Waals surface area contributed by atoms with Crippen LogP contribution in [0.4, 0.5) is 5.82 Å². The standard InChI is InChI=1S/C24H26N2O3/c1-14-8-7-11-25-24(14)26-21(27)12-15(2)18-13-19-17-9-5-6-10-20(17)29-23(19)16(3)22(18)28-4/h7-8,11-13H,5-6,9-10H2,1-4H3,(H,25,26,27)/b15-12+. The second-order valence-corrected chi connectivity index (χ2v) is 7.66. The van der Waals surface area contributed by atoms with Gasteiger partial charge in [-0.1, -0.05) is 6.07 Å². The molecule has 3 aromatic rings. The highest BCUT2D eigenvalue weighted by atomic mass is 16.5. The van der Waals surface area contributed by atoms with E-state index < -0.39 is 0 Å². The van der Waals surface area contributed by atoms with Crippen LogP contribution in [0.1, 0.15) is 47.8 Å². The van der Waals surface area contributed by atoms with E-state index >= 15 is 0 Å². The van der Waals surface area contributed by atoms with E-state index in [0.29, 0.717) is 5.82 Å². The summed E-state index contributed by atoms with van der Waals surface area (Å²) in [7, 11) is 1.66. The molecule has 1 amide bonds. The fraction of sp³-hybridized carbons (Fsp3) is 0.333. The minimum atomic E-state index is -0.210. The average Bonchev–Trinajstić information content (AvgIpc) is 3.09. The smallest absolute Gasteiger partial charge is 0.249 e. The number of nitrogens with zero attached hydrogens (tertiary/aromatic N) is 1. The maximum Gasteiger partial charge on any atom is 0.249 e.